The number of hydrogen-bond donors (Lipinski definition) is 1. The Labute approximate surface area is 121 Å². The number of nitrogens with one attached hydrogen (secondary N) is 1. The van der Waals surface area contributed by atoms with Crippen LogP contribution in [0.5, 0.6) is 5.75 Å². The minimum Gasteiger partial charge on any atom is -0.494 e. The van der Waals surface area contributed by atoms with Gasteiger partial charge in [0.05, 0.1) is 23.8 Å². The lowest BCUT2D eigenvalue weighted by molar-refractivity contribution is -0.384. The number of ether oxygens (including phenoxy) is 2. The maximum absolute atomic E-state index is 11.9. The number of nitrogens with zero attached hydrogens (tertiary/aromatic N) is 1. The Kier molecular flexibility index (Phi) is 5.65. The number of hydrogen-bond acceptors (Lipinski definition) is 6. The highest BCUT2D eigenvalue weighted by atomic mass is 16.6. The zero-order chi connectivity index (χ0) is 16.0. The molecule has 0 radical (unpaired) electrons. The molecule has 1 atom stereocenters. The number of amides is 1. The van der Waals surface area contributed by atoms with Crippen LogP contribution in [-0.4, -0.2) is 30.0 Å². The van der Waals surface area contributed by atoms with E-state index >= 15 is 0 Å². The van der Waals surface area contributed by atoms with Crippen molar-refractivity contribution in [2.75, 3.05) is 12.4 Å². The summed E-state index contributed by atoms with van der Waals surface area (Å²) in [6.07, 6.45) is -0.810. The molecular weight excluding hydrogens is 280 g/mol. The van der Waals surface area contributed by atoms with Crippen molar-refractivity contribution in [3.8, 4) is 5.75 Å². The second-order valence-corrected chi connectivity index (χ2v) is 4.12. The lowest BCUT2D eigenvalue weighted by Gasteiger charge is -2.14. The topological polar surface area (TPSA) is 108 Å². The number of carbonyl (C=O) groups is 2. The van der Waals surface area contributed by atoms with Gasteiger partial charge in [-0.15, -0.1) is 0 Å². The number of rotatable bonds is 6. The zero-order valence-corrected chi connectivity index (χ0v) is 11.9. The second kappa shape index (κ2) is 7.22. The Hall–Kier alpha value is -2.64. The Balaban J connectivity index is 2.84. The molecule has 21 heavy (non-hydrogen) atoms. The third-order valence-corrected chi connectivity index (χ3v) is 2.62. The highest BCUT2D eigenvalue weighted by Crippen LogP contribution is 2.29. The molecule has 1 amide bonds. The second-order valence-electron chi connectivity index (χ2n) is 4.12. The minimum absolute atomic E-state index is 0.145. The van der Waals surface area contributed by atoms with Crippen LogP contribution in [-0.2, 0) is 14.3 Å². The van der Waals surface area contributed by atoms with Gasteiger partial charge >= 0.3 is 5.97 Å². The average molecular weight is 296 g/mol. The fraction of sp³-hybridized carbons (Fsp3) is 0.385. The van der Waals surface area contributed by atoms with Gasteiger partial charge in [0, 0.05) is 12.5 Å². The number of nitro benzene ring substituents is 1. The highest BCUT2D eigenvalue weighted by molar-refractivity contribution is 5.96. The first-order chi connectivity index (χ1) is 9.88. The SMILES string of the molecule is CCC(=O)O[C@@H](C)C(=O)Nc1ccc([N+](=O)[O-])cc1OC. The number of benzene rings is 1. The fourth-order valence-electron chi connectivity index (χ4n) is 1.47. The van der Waals surface area contributed by atoms with E-state index in [1.54, 1.807) is 6.92 Å². The van der Waals surface area contributed by atoms with Crippen LogP contribution in [0.15, 0.2) is 18.2 Å². The number of methoxy groups -OCH3 is 1. The van der Waals surface area contributed by atoms with Crippen LogP contribution in [0.25, 0.3) is 0 Å². The van der Waals surface area contributed by atoms with Crippen molar-refractivity contribution in [3.05, 3.63) is 28.3 Å². The maximum Gasteiger partial charge on any atom is 0.306 e. The van der Waals surface area contributed by atoms with Gasteiger partial charge in [-0.3, -0.25) is 19.7 Å². The van der Waals surface area contributed by atoms with E-state index in [2.05, 4.69) is 5.32 Å². The Morgan fingerprint density at radius 1 is 1.43 bits per heavy atom. The molecule has 0 saturated carbocycles. The van der Waals surface area contributed by atoms with Crippen molar-refractivity contribution in [1.82, 2.24) is 0 Å². The van der Waals surface area contributed by atoms with Crippen molar-refractivity contribution in [2.45, 2.75) is 26.4 Å². The van der Waals surface area contributed by atoms with Crippen LogP contribution >= 0.6 is 0 Å². The molecule has 8 nitrogen and oxygen atoms in total. The number of nitro groups is 1. The van der Waals surface area contributed by atoms with E-state index in [0.29, 0.717) is 0 Å². The van der Waals surface area contributed by atoms with E-state index in [0.717, 1.165) is 0 Å². The predicted octanol–water partition coefficient (Wildman–Crippen LogP) is 1.88. The molecule has 0 saturated heterocycles. The van der Waals surface area contributed by atoms with Crippen molar-refractivity contribution in [2.24, 2.45) is 0 Å². The fourth-order valence-corrected chi connectivity index (χ4v) is 1.47. The van der Waals surface area contributed by atoms with Crippen molar-refractivity contribution >= 4 is 23.3 Å². The quantitative estimate of drug-likeness (QED) is 0.488. The van der Waals surface area contributed by atoms with Crippen LogP contribution in [0.3, 0.4) is 0 Å². The Bertz CT molecular complexity index is 558. The summed E-state index contributed by atoms with van der Waals surface area (Å²) in [6.45, 7) is 3.05. The molecule has 0 spiro atoms. The van der Waals surface area contributed by atoms with Gasteiger partial charge in [0.2, 0.25) is 0 Å². The van der Waals surface area contributed by atoms with Gasteiger partial charge in [-0.05, 0) is 13.0 Å². The molecule has 1 rings (SSSR count). The van der Waals surface area contributed by atoms with E-state index in [9.17, 15) is 19.7 Å². The predicted molar refractivity (Wildman–Crippen MR) is 74.1 cm³/mol. The standard InChI is InChI=1S/C13H16N2O6/c1-4-12(16)21-8(2)13(17)14-10-6-5-9(15(18)19)7-11(10)20-3/h5-8H,4H2,1-3H3,(H,14,17)/t8-/m0/s1. The van der Waals surface area contributed by atoms with Gasteiger partial charge in [0.15, 0.2) is 6.10 Å². The Morgan fingerprint density at radius 3 is 2.62 bits per heavy atom. The molecule has 1 aromatic carbocycles. The van der Waals surface area contributed by atoms with Crippen molar-refractivity contribution in [1.29, 1.82) is 0 Å². The summed E-state index contributed by atoms with van der Waals surface area (Å²) in [7, 11) is 1.33. The molecule has 0 fully saturated rings. The summed E-state index contributed by atoms with van der Waals surface area (Å²) >= 11 is 0. The van der Waals surface area contributed by atoms with Gasteiger partial charge in [-0.25, -0.2) is 0 Å². The summed E-state index contributed by atoms with van der Waals surface area (Å²) < 4.78 is 9.86. The van der Waals surface area contributed by atoms with Crippen LogP contribution in [0.2, 0.25) is 0 Å². The summed E-state index contributed by atoms with van der Waals surface area (Å²) in [5.74, 6) is -0.899. The van der Waals surface area contributed by atoms with Gasteiger partial charge in [0.1, 0.15) is 5.75 Å². The molecule has 0 aliphatic carbocycles. The van der Waals surface area contributed by atoms with Gasteiger partial charge in [-0.1, -0.05) is 6.92 Å². The van der Waals surface area contributed by atoms with Gasteiger partial charge < -0.3 is 14.8 Å². The molecule has 0 aliphatic rings. The monoisotopic (exact) mass is 296 g/mol. The van der Waals surface area contributed by atoms with Crippen molar-refractivity contribution < 1.29 is 24.0 Å². The summed E-state index contributed by atoms with van der Waals surface area (Å²) in [5.41, 5.74) is 0.0998. The molecule has 1 aromatic rings. The smallest absolute Gasteiger partial charge is 0.306 e. The van der Waals surface area contributed by atoms with E-state index < -0.39 is 22.9 Å². The molecule has 8 heteroatoms. The summed E-state index contributed by atoms with van der Waals surface area (Å²) in [4.78, 5) is 33.1. The number of esters is 1. The first-order valence-corrected chi connectivity index (χ1v) is 6.21. The largest absolute Gasteiger partial charge is 0.494 e. The molecule has 0 bridgehead atoms. The third-order valence-electron chi connectivity index (χ3n) is 2.62. The maximum atomic E-state index is 11.9. The summed E-state index contributed by atoms with van der Waals surface area (Å²) in [6, 6.07) is 3.78. The molecular formula is C13H16N2O6. The van der Waals surface area contributed by atoms with Crippen LogP contribution < -0.4 is 10.1 Å². The van der Waals surface area contributed by atoms with E-state index in [1.165, 1.54) is 32.2 Å². The van der Waals surface area contributed by atoms with E-state index in [1.807, 2.05) is 0 Å². The summed E-state index contributed by atoms with van der Waals surface area (Å²) in [5, 5.41) is 13.2. The van der Waals surface area contributed by atoms with Gasteiger partial charge in [-0.2, -0.15) is 0 Å². The molecule has 0 aliphatic heterocycles. The average Bonchev–Trinajstić information content (AvgIpc) is 2.46. The molecule has 0 unspecified atom stereocenters. The minimum atomic E-state index is -0.975. The molecule has 114 valence electrons. The van der Waals surface area contributed by atoms with Crippen LogP contribution in [0.4, 0.5) is 11.4 Å². The van der Waals surface area contributed by atoms with Crippen LogP contribution in [0.1, 0.15) is 20.3 Å². The molecule has 0 aromatic heterocycles. The van der Waals surface area contributed by atoms with E-state index in [-0.39, 0.29) is 23.5 Å². The number of carbonyl (C=O) groups excluding carboxylic acids is 2. The van der Waals surface area contributed by atoms with Gasteiger partial charge in [0.25, 0.3) is 11.6 Å². The number of anilines is 1. The first-order valence-electron chi connectivity index (χ1n) is 6.21. The first kappa shape index (κ1) is 16.4. The highest BCUT2D eigenvalue weighted by Gasteiger charge is 2.19. The third kappa shape index (κ3) is 4.44. The van der Waals surface area contributed by atoms with E-state index in [4.69, 9.17) is 9.47 Å². The lowest BCUT2D eigenvalue weighted by atomic mass is 10.2. The zero-order valence-electron chi connectivity index (χ0n) is 11.9. The lowest BCUT2D eigenvalue weighted by Crippen LogP contribution is -2.29. The van der Waals surface area contributed by atoms with Crippen molar-refractivity contribution in [3.63, 3.8) is 0 Å². The number of non-ortho nitro benzene ring substituents is 1. The molecule has 0 heterocycles. The normalized spacial score (nSPS) is 11.4. The molecule has 1 N–H and O–H groups in total. The van der Waals surface area contributed by atoms with Crippen LogP contribution in [0, 0.1) is 10.1 Å². The Morgan fingerprint density at radius 2 is 2.10 bits per heavy atom.